The number of carboxylic acids is 1. The van der Waals surface area contributed by atoms with Crippen molar-refractivity contribution in [2.45, 2.75) is 19.9 Å². The molecule has 0 saturated heterocycles. The molecule has 0 radical (unpaired) electrons. The Labute approximate surface area is 48.5 Å². The van der Waals surface area contributed by atoms with Crippen molar-refractivity contribution in [1.82, 2.24) is 0 Å². The van der Waals surface area contributed by atoms with Gasteiger partial charge in [0.2, 0.25) is 0 Å². The summed E-state index contributed by atoms with van der Waals surface area (Å²) in [6.45, 7) is 3.55. The number of carboxylic acid groups (broad SMARTS) is 1. The van der Waals surface area contributed by atoms with Gasteiger partial charge in [-0.2, -0.15) is 0 Å². The van der Waals surface area contributed by atoms with E-state index in [1.165, 1.54) is 0 Å². The van der Waals surface area contributed by atoms with Crippen molar-refractivity contribution in [3.8, 4) is 0 Å². The fourth-order valence-corrected chi connectivity index (χ4v) is 0.285. The number of nitrogens with two attached hydrogens (primary N) is 1. The molecule has 48 valence electrons. The SMILES string of the molecule is CC(C)[13C@H](N)C(=O)O. The first kappa shape index (κ1) is 7.43. The van der Waals surface area contributed by atoms with E-state index in [0.717, 1.165) is 0 Å². The van der Waals surface area contributed by atoms with Crippen LogP contribution in [-0.2, 0) is 4.79 Å². The molecule has 0 fully saturated rings. The molecule has 0 saturated carbocycles. The Bertz CT molecular complexity index is 90.4. The molecule has 0 aromatic heterocycles. The zero-order chi connectivity index (χ0) is 6.73. The van der Waals surface area contributed by atoms with Crippen LogP contribution in [0.15, 0.2) is 0 Å². The van der Waals surface area contributed by atoms with Gasteiger partial charge in [-0.3, -0.25) is 4.79 Å². The highest BCUT2D eigenvalue weighted by Crippen LogP contribution is 1.96. The van der Waals surface area contributed by atoms with E-state index in [0.29, 0.717) is 0 Å². The number of rotatable bonds is 2. The first-order chi connectivity index (χ1) is 3.55. The third-order valence-corrected chi connectivity index (χ3v) is 1.00. The average molecular weight is 118 g/mol. The van der Waals surface area contributed by atoms with Gasteiger partial charge in [0, 0.05) is 0 Å². The molecule has 0 aliphatic heterocycles. The molecular weight excluding hydrogens is 107 g/mol. The molecule has 3 heteroatoms. The van der Waals surface area contributed by atoms with E-state index < -0.39 is 12.0 Å². The lowest BCUT2D eigenvalue weighted by Crippen LogP contribution is -2.34. The van der Waals surface area contributed by atoms with Gasteiger partial charge in [0.15, 0.2) is 0 Å². The maximum atomic E-state index is 10.0. The van der Waals surface area contributed by atoms with Crippen LogP contribution in [0.2, 0.25) is 0 Å². The standard InChI is InChI=1S/C5H11NO2/c1-3(2)4(6)5(7)8/h3-4H,6H2,1-2H3,(H,7,8)/t4-/m0/s1/i4+1. The van der Waals surface area contributed by atoms with Crippen LogP contribution in [0.3, 0.4) is 0 Å². The highest BCUT2D eigenvalue weighted by atomic mass is 16.4. The topological polar surface area (TPSA) is 63.3 Å². The van der Waals surface area contributed by atoms with Gasteiger partial charge in [0.25, 0.3) is 0 Å². The lowest BCUT2D eigenvalue weighted by Gasteiger charge is -2.07. The van der Waals surface area contributed by atoms with Crippen LogP contribution in [0.25, 0.3) is 0 Å². The van der Waals surface area contributed by atoms with E-state index in [1.54, 1.807) is 13.8 Å². The molecule has 0 aromatic rings. The summed E-state index contributed by atoms with van der Waals surface area (Å²) in [4.78, 5) is 10.0. The van der Waals surface area contributed by atoms with Gasteiger partial charge < -0.3 is 10.8 Å². The molecular formula is C5H11NO2. The van der Waals surface area contributed by atoms with Crippen molar-refractivity contribution in [3.05, 3.63) is 0 Å². The molecule has 0 rings (SSSR count). The lowest BCUT2D eigenvalue weighted by atomic mass is 10.3. The van der Waals surface area contributed by atoms with Crippen LogP contribution in [0.5, 0.6) is 0 Å². The van der Waals surface area contributed by atoms with Crippen LogP contribution < -0.4 is 5.73 Å². The minimum Gasteiger partial charge on any atom is -0.480 e. The summed E-state index contributed by atoms with van der Waals surface area (Å²) in [5, 5.41) is 8.23. The Kier molecular flexibility index (Phi) is 2.48. The van der Waals surface area contributed by atoms with Crippen LogP contribution in [0.4, 0.5) is 0 Å². The van der Waals surface area contributed by atoms with Gasteiger partial charge in [-0.15, -0.1) is 0 Å². The van der Waals surface area contributed by atoms with Crippen molar-refractivity contribution in [2.24, 2.45) is 11.7 Å². The van der Waals surface area contributed by atoms with Gasteiger partial charge in [0.1, 0.15) is 6.04 Å². The lowest BCUT2D eigenvalue weighted by molar-refractivity contribution is -0.139. The zero-order valence-corrected chi connectivity index (χ0v) is 5.09. The highest BCUT2D eigenvalue weighted by molar-refractivity contribution is 5.73. The van der Waals surface area contributed by atoms with E-state index >= 15 is 0 Å². The Balaban J connectivity index is 3.64. The first-order valence-corrected chi connectivity index (χ1v) is 2.54. The van der Waals surface area contributed by atoms with Crippen molar-refractivity contribution in [3.63, 3.8) is 0 Å². The van der Waals surface area contributed by atoms with Crippen LogP contribution in [-0.4, -0.2) is 17.1 Å². The molecule has 0 aliphatic rings. The van der Waals surface area contributed by atoms with Gasteiger partial charge in [-0.05, 0) is 5.92 Å². The predicted octanol–water partition coefficient (Wildman–Crippen LogP) is 0.0543. The van der Waals surface area contributed by atoms with E-state index in [-0.39, 0.29) is 5.92 Å². The molecule has 0 unspecified atom stereocenters. The Morgan fingerprint density at radius 2 is 2.00 bits per heavy atom. The van der Waals surface area contributed by atoms with E-state index in [1.807, 2.05) is 0 Å². The molecule has 3 nitrogen and oxygen atoms in total. The predicted molar refractivity (Wildman–Crippen MR) is 30.4 cm³/mol. The zero-order valence-electron chi connectivity index (χ0n) is 5.09. The van der Waals surface area contributed by atoms with E-state index in [9.17, 15) is 4.79 Å². The average Bonchev–Trinajstić information content (AvgIpc) is 1.64. The first-order valence-electron chi connectivity index (χ1n) is 2.54. The Morgan fingerprint density at radius 3 is 2.00 bits per heavy atom. The summed E-state index contributed by atoms with van der Waals surface area (Å²) >= 11 is 0. The normalized spacial score (nSPS) is 14.0. The molecule has 0 aliphatic carbocycles. The minimum atomic E-state index is -0.931. The minimum absolute atomic E-state index is 0.0208. The highest BCUT2D eigenvalue weighted by Gasteiger charge is 2.14. The van der Waals surface area contributed by atoms with Gasteiger partial charge in [-0.1, -0.05) is 13.8 Å². The maximum Gasteiger partial charge on any atom is 0.320 e. The Hall–Kier alpha value is -0.570. The van der Waals surface area contributed by atoms with Crippen molar-refractivity contribution >= 4 is 5.97 Å². The second-order valence-corrected chi connectivity index (χ2v) is 2.11. The molecule has 0 aromatic carbocycles. The summed E-state index contributed by atoms with van der Waals surface area (Å²) in [6, 6.07) is -0.713. The quantitative estimate of drug-likeness (QED) is 0.504. The number of carbonyl (C=O) groups is 1. The molecule has 3 N–H and O–H groups in total. The Morgan fingerprint density at radius 1 is 1.62 bits per heavy atom. The number of hydrogen-bond donors (Lipinski definition) is 2. The number of aliphatic carboxylic acids is 1. The summed E-state index contributed by atoms with van der Waals surface area (Å²) in [7, 11) is 0. The van der Waals surface area contributed by atoms with Crippen molar-refractivity contribution < 1.29 is 9.90 Å². The monoisotopic (exact) mass is 118 g/mol. The number of hydrogen-bond acceptors (Lipinski definition) is 2. The fourth-order valence-electron chi connectivity index (χ4n) is 0.285. The second-order valence-electron chi connectivity index (χ2n) is 2.11. The molecule has 0 bridgehead atoms. The summed E-state index contributed by atoms with van der Waals surface area (Å²) < 4.78 is 0. The second kappa shape index (κ2) is 2.67. The largest absolute Gasteiger partial charge is 0.480 e. The third kappa shape index (κ3) is 1.93. The molecule has 0 amide bonds. The van der Waals surface area contributed by atoms with E-state index in [2.05, 4.69) is 0 Å². The van der Waals surface area contributed by atoms with E-state index in [4.69, 9.17) is 10.8 Å². The molecule has 0 heterocycles. The summed E-state index contributed by atoms with van der Waals surface area (Å²) in [5.41, 5.74) is 5.16. The van der Waals surface area contributed by atoms with Crippen LogP contribution in [0, 0.1) is 5.92 Å². The third-order valence-electron chi connectivity index (χ3n) is 1.00. The summed E-state index contributed by atoms with van der Waals surface area (Å²) in [6.07, 6.45) is 0. The van der Waals surface area contributed by atoms with Gasteiger partial charge in [-0.25, -0.2) is 0 Å². The molecule has 1 atom stereocenters. The van der Waals surface area contributed by atoms with Crippen LogP contribution >= 0.6 is 0 Å². The van der Waals surface area contributed by atoms with Gasteiger partial charge >= 0.3 is 5.97 Å². The smallest absolute Gasteiger partial charge is 0.320 e. The summed E-state index contributed by atoms with van der Waals surface area (Å²) in [5.74, 6) is -0.910. The van der Waals surface area contributed by atoms with Crippen molar-refractivity contribution in [2.75, 3.05) is 0 Å². The maximum absolute atomic E-state index is 10.0. The molecule has 0 spiro atoms. The fraction of sp³-hybridized carbons (Fsp3) is 0.800. The van der Waals surface area contributed by atoms with Crippen LogP contribution in [0.1, 0.15) is 13.8 Å². The van der Waals surface area contributed by atoms with Gasteiger partial charge in [0.05, 0.1) is 0 Å². The van der Waals surface area contributed by atoms with Crippen molar-refractivity contribution in [1.29, 1.82) is 0 Å². The molecule has 8 heavy (non-hydrogen) atoms.